The van der Waals surface area contributed by atoms with E-state index < -0.39 is 0 Å². The van der Waals surface area contributed by atoms with E-state index in [1.165, 1.54) is 18.2 Å². The first-order valence-corrected chi connectivity index (χ1v) is 10.0. The van der Waals surface area contributed by atoms with Crippen LogP contribution >= 0.6 is 0 Å². The molecule has 1 aliphatic rings. The molecule has 0 aliphatic carbocycles. The number of carbonyl (C=O) groups excluding carboxylic acids is 1. The SMILES string of the molecule is C[C@@H](NC(=O)Cn1nc(-c2ccc3c(c2)OCCCO3)ccc1=O)c1ccc(F)cc1. The highest BCUT2D eigenvalue weighted by atomic mass is 19.1. The van der Waals surface area contributed by atoms with E-state index in [2.05, 4.69) is 10.4 Å². The average molecular weight is 423 g/mol. The van der Waals surface area contributed by atoms with Gasteiger partial charge >= 0.3 is 0 Å². The van der Waals surface area contributed by atoms with E-state index in [0.717, 1.165) is 22.2 Å². The largest absolute Gasteiger partial charge is 0.490 e. The van der Waals surface area contributed by atoms with Crippen molar-refractivity contribution in [3.63, 3.8) is 0 Å². The Bertz CT molecular complexity index is 1140. The summed E-state index contributed by atoms with van der Waals surface area (Å²) in [6.45, 7) is 2.72. The van der Waals surface area contributed by atoms with Gasteiger partial charge in [-0.1, -0.05) is 12.1 Å². The van der Waals surface area contributed by atoms with Gasteiger partial charge in [0.25, 0.3) is 5.56 Å². The van der Waals surface area contributed by atoms with Gasteiger partial charge in [0, 0.05) is 18.1 Å². The third kappa shape index (κ3) is 4.91. The van der Waals surface area contributed by atoms with Gasteiger partial charge in [0.1, 0.15) is 12.4 Å². The molecule has 0 spiro atoms. The first-order valence-electron chi connectivity index (χ1n) is 10.0. The summed E-state index contributed by atoms with van der Waals surface area (Å²) >= 11 is 0. The third-order valence-corrected chi connectivity index (χ3v) is 4.95. The van der Waals surface area contributed by atoms with Crippen LogP contribution in [0.25, 0.3) is 11.3 Å². The zero-order chi connectivity index (χ0) is 21.8. The first kappa shape index (κ1) is 20.6. The number of nitrogens with zero attached hydrogens (tertiary/aromatic N) is 2. The maximum atomic E-state index is 13.1. The summed E-state index contributed by atoms with van der Waals surface area (Å²) in [5.41, 5.74) is 1.66. The highest BCUT2D eigenvalue weighted by Gasteiger charge is 2.15. The quantitative estimate of drug-likeness (QED) is 0.682. The molecular formula is C23H22FN3O4. The van der Waals surface area contributed by atoms with E-state index in [0.29, 0.717) is 30.4 Å². The van der Waals surface area contributed by atoms with E-state index in [-0.39, 0.29) is 29.9 Å². The van der Waals surface area contributed by atoms with Crippen LogP contribution in [-0.4, -0.2) is 28.9 Å². The Morgan fingerprint density at radius 1 is 1.10 bits per heavy atom. The number of hydrogen-bond acceptors (Lipinski definition) is 5. The van der Waals surface area contributed by atoms with Crippen LogP contribution in [-0.2, 0) is 11.3 Å². The number of hydrogen-bond donors (Lipinski definition) is 1. The fraction of sp³-hybridized carbons (Fsp3) is 0.261. The van der Waals surface area contributed by atoms with Crippen molar-refractivity contribution in [2.75, 3.05) is 13.2 Å². The molecule has 0 saturated carbocycles. The lowest BCUT2D eigenvalue weighted by Gasteiger charge is -2.15. The van der Waals surface area contributed by atoms with Gasteiger partial charge in [-0.25, -0.2) is 9.07 Å². The molecule has 2 aromatic carbocycles. The minimum atomic E-state index is -0.386. The van der Waals surface area contributed by atoms with Crippen LogP contribution in [0.5, 0.6) is 11.5 Å². The zero-order valence-electron chi connectivity index (χ0n) is 17.0. The van der Waals surface area contributed by atoms with Crippen LogP contribution in [0.3, 0.4) is 0 Å². The number of rotatable bonds is 5. The number of carbonyl (C=O) groups is 1. The monoisotopic (exact) mass is 423 g/mol. The molecule has 3 aromatic rings. The molecule has 4 rings (SSSR count). The molecule has 2 heterocycles. The summed E-state index contributed by atoms with van der Waals surface area (Å²) in [5.74, 6) is 0.580. The molecule has 1 atom stereocenters. The van der Waals surface area contributed by atoms with Gasteiger partial charge in [-0.05, 0) is 48.9 Å². The Hall–Kier alpha value is -3.68. The van der Waals surface area contributed by atoms with Crippen LogP contribution < -0.4 is 20.3 Å². The summed E-state index contributed by atoms with van der Waals surface area (Å²) in [7, 11) is 0. The normalized spacial score (nSPS) is 13.9. The van der Waals surface area contributed by atoms with Crippen LogP contribution in [0, 0.1) is 5.82 Å². The van der Waals surface area contributed by atoms with Crippen molar-refractivity contribution in [1.29, 1.82) is 0 Å². The van der Waals surface area contributed by atoms with E-state index in [9.17, 15) is 14.0 Å². The number of halogens is 1. The molecule has 0 unspecified atom stereocenters. The molecule has 0 saturated heterocycles. The molecule has 8 heteroatoms. The van der Waals surface area contributed by atoms with Gasteiger partial charge in [0.15, 0.2) is 11.5 Å². The summed E-state index contributed by atoms with van der Waals surface area (Å²) in [4.78, 5) is 24.7. The van der Waals surface area contributed by atoms with Crippen LogP contribution in [0.4, 0.5) is 4.39 Å². The fourth-order valence-electron chi connectivity index (χ4n) is 3.30. The Labute approximate surface area is 178 Å². The van der Waals surface area contributed by atoms with Crippen molar-refractivity contribution in [1.82, 2.24) is 15.1 Å². The predicted molar refractivity (Wildman–Crippen MR) is 112 cm³/mol. The van der Waals surface area contributed by atoms with Gasteiger partial charge in [0.2, 0.25) is 5.91 Å². The van der Waals surface area contributed by atoms with Gasteiger partial charge in [0.05, 0.1) is 24.9 Å². The number of fused-ring (bicyclic) bond motifs is 1. The highest BCUT2D eigenvalue weighted by molar-refractivity contribution is 5.76. The minimum Gasteiger partial charge on any atom is -0.490 e. The van der Waals surface area contributed by atoms with Crippen molar-refractivity contribution >= 4 is 5.91 Å². The van der Waals surface area contributed by atoms with Gasteiger partial charge in [-0.3, -0.25) is 9.59 Å². The number of ether oxygens (including phenoxy) is 2. The predicted octanol–water partition coefficient (Wildman–Crippen LogP) is 3.09. The van der Waals surface area contributed by atoms with E-state index >= 15 is 0 Å². The zero-order valence-corrected chi connectivity index (χ0v) is 17.0. The standard InChI is InChI=1S/C23H22FN3O4/c1-15(16-3-6-18(24)7-4-16)25-22(28)14-27-23(29)10-8-19(26-27)17-5-9-20-21(13-17)31-12-2-11-30-20/h3-10,13,15H,2,11-12,14H2,1H3,(H,25,28)/t15-/m1/s1. The number of nitrogens with one attached hydrogen (secondary N) is 1. The second-order valence-corrected chi connectivity index (χ2v) is 7.27. The third-order valence-electron chi connectivity index (χ3n) is 4.95. The van der Waals surface area contributed by atoms with Gasteiger partial charge in [-0.15, -0.1) is 0 Å². The lowest BCUT2D eigenvalue weighted by atomic mass is 10.1. The average Bonchev–Trinajstić information content (AvgIpc) is 3.00. The lowest BCUT2D eigenvalue weighted by Crippen LogP contribution is -2.34. The Morgan fingerprint density at radius 3 is 2.61 bits per heavy atom. The van der Waals surface area contributed by atoms with Gasteiger partial charge in [-0.2, -0.15) is 5.10 Å². The minimum absolute atomic E-state index is 0.233. The first-order chi connectivity index (χ1) is 15.0. The molecule has 0 bridgehead atoms. The molecule has 7 nitrogen and oxygen atoms in total. The molecule has 1 amide bonds. The molecule has 1 aliphatic heterocycles. The van der Waals surface area contributed by atoms with E-state index in [1.54, 1.807) is 25.1 Å². The van der Waals surface area contributed by atoms with E-state index in [4.69, 9.17) is 9.47 Å². The summed E-state index contributed by atoms with van der Waals surface area (Å²) in [5, 5.41) is 7.14. The Balaban J connectivity index is 1.50. The Kier molecular flexibility index (Phi) is 5.97. The van der Waals surface area contributed by atoms with Crippen molar-refractivity contribution in [3.8, 4) is 22.8 Å². The number of amides is 1. The molecule has 1 aromatic heterocycles. The maximum absolute atomic E-state index is 13.1. The van der Waals surface area contributed by atoms with E-state index in [1.807, 2.05) is 18.2 Å². The molecule has 160 valence electrons. The highest BCUT2D eigenvalue weighted by Crippen LogP contribution is 2.33. The van der Waals surface area contributed by atoms with Crippen LogP contribution in [0.1, 0.15) is 24.9 Å². The second kappa shape index (κ2) is 8.99. The number of aromatic nitrogens is 2. The summed E-state index contributed by atoms with van der Waals surface area (Å²) < 4.78 is 25.6. The molecule has 0 fully saturated rings. The molecule has 1 N–H and O–H groups in total. The second-order valence-electron chi connectivity index (χ2n) is 7.27. The molecular weight excluding hydrogens is 401 g/mol. The van der Waals surface area contributed by atoms with Gasteiger partial charge < -0.3 is 14.8 Å². The summed E-state index contributed by atoms with van der Waals surface area (Å²) in [6, 6.07) is 14.0. The maximum Gasteiger partial charge on any atom is 0.267 e. The lowest BCUT2D eigenvalue weighted by molar-refractivity contribution is -0.122. The molecule has 0 radical (unpaired) electrons. The number of benzene rings is 2. The van der Waals surface area contributed by atoms with Crippen molar-refractivity contribution in [3.05, 3.63) is 76.3 Å². The van der Waals surface area contributed by atoms with Crippen molar-refractivity contribution in [2.45, 2.75) is 25.9 Å². The molecule has 31 heavy (non-hydrogen) atoms. The Morgan fingerprint density at radius 2 is 1.84 bits per heavy atom. The summed E-state index contributed by atoms with van der Waals surface area (Å²) in [6.07, 6.45) is 0.804. The van der Waals surface area contributed by atoms with Crippen LogP contribution in [0.15, 0.2) is 59.4 Å². The van der Waals surface area contributed by atoms with Crippen LogP contribution in [0.2, 0.25) is 0 Å². The van der Waals surface area contributed by atoms with Crippen molar-refractivity contribution in [2.24, 2.45) is 0 Å². The topological polar surface area (TPSA) is 82.5 Å². The smallest absolute Gasteiger partial charge is 0.267 e. The van der Waals surface area contributed by atoms with Crippen molar-refractivity contribution < 1.29 is 18.7 Å². The fourth-order valence-corrected chi connectivity index (χ4v) is 3.30.